The second-order valence-electron chi connectivity index (χ2n) is 9.03. The minimum absolute atomic E-state index is 0.0413. The summed E-state index contributed by atoms with van der Waals surface area (Å²) in [7, 11) is 0. The standard InChI is InChI=1S/C19H28O5/c1-11(20)23-13-6-7-17(4)16(3)8-9-19(10-22-19)14(18(13,17)5)15(16)24-12(2)21/h13-15H,6-10H2,1-5H3/t13-,14-,15-,16+,17+,18-,19-/m0/s1. The van der Waals surface area contributed by atoms with Crippen LogP contribution in [0.4, 0.5) is 0 Å². The van der Waals surface area contributed by atoms with E-state index in [2.05, 4.69) is 20.8 Å². The number of esters is 2. The molecule has 0 aromatic heterocycles. The highest BCUT2D eigenvalue weighted by Crippen LogP contribution is 2.80. The van der Waals surface area contributed by atoms with Crippen molar-refractivity contribution in [2.24, 2.45) is 22.2 Å². The Morgan fingerprint density at radius 3 is 2.17 bits per heavy atom. The summed E-state index contributed by atoms with van der Waals surface area (Å²) in [5, 5.41) is 0. The summed E-state index contributed by atoms with van der Waals surface area (Å²) in [6, 6.07) is 0. The van der Waals surface area contributed by atoms with Crippen LogP contribution in [0.1, 0.15) is 60.3 Å². The van der Waals surface area contributed by atoms with Gasteiger partial charge >= 0.3 is 11.9 Å². The molecule has 24 heavy (non-hydrogen) atoms. The number of hydrogen-bond acceptors (Lipinski definition) is 5. The number of hydrogen-bond donors (Lipinski definition) is 0. The van der Waals surface area contributed by atoms with Crippen molar-refractivity contribution in [3.63, 3.8) is 0 Å². The zero-order valence-corrected chi connectivity index (χ0v) is 15.3. The summed E-state index contributed by atoms with van der Waals surface area (Å²) in [5.41, 5.74) is -0.583. The van der Waals surface area contributed by atoms with Crippen LogP contribution in [0.15, 0.2) is 0 Å². The van der Waals surface area contributed by atoms with E-state index in [1.54, 1.807) is 0 Å². The molecular weight excluding hydrogens is 308 g/mol. The molecule has 134 valence electrons. The van der Waals surface area contributed by atoms with Gasteiger partial charge in [0.05, 0.1) is 12.2 Å². The molecule has 1 aliphatic heterocycles. The highest BCUT2D eigenvalue weighted by Gasteiger charge is 2.83. The van der Waals surface area contributed by atoms with Crippen LogP contribution in [0.3, 0.4) is 0 Å². The van der Waals surface area contributed by atoms with Crippen LogP contribution in [0, 0.1) is 22.2 Å². The van der Waals surface area contributed by atoms with Gasteiger partial charge in [-0.2, -0.15) is 0 Å². The highest BCUT2D eigenvalue weighted by atomic mass is 16.6. The molecule has 3 aliphatic carbocycles. The lowest BCUT2D eigenvalue weighted by atomic mass is 9.58. The fourth-order valence-corrected chi connectivity index (χ4v) is 6.83. The smallest absolute Gasteiger partial charge is 0.302 e. The van der Waals surface area contributed by atoms with Crippen LogP contribution < -0.4 is 0 Å². The summed E-state index contributed by atoms with van der Waals surface area (Å²) < 4.78 is 17.7. The first-order chi connectivity index (χ1) is 11.1. The highest BCUT2D eigenvalue weighted by molar-refractivity contribution is 5.67. The van der Waals surface area contributed by atoms with Crippen molar-refractivity contribution in [2.45, 2.75) is 78.1 Å². The summed E-state index contributed by atoms with van der Waals surface area (Å²) >= 11 is 0. The summed E-state index contributed by atoms with van der Waals surface area (Å²) in [5.74, 6) is -0.374. The van der Waals surface area contributed by atoms with Gasteiger partial charge in [0.15, 0.2) is 0 Å². The third-order valence-electron chi connectivity index (χ3n) is 8.35. The Balaban J connectivity index is 1.86. The van der Waals surface area contributed by atoms with Crippen LogP contribution in [0.5, 0.6) is 0 Å². The number of fused-ring (bicyclic) bond motifs is 6. The van der Waals surface area contributed by atoms with Gasteiger partial charge in [-0.25, -0.2) is 0 Å². The van der Waals surface area contributed by atoms with E-state index >= 15 is 0 Å². The minimum atomic E-state index is -0.236. The van der Waals surface area contributed by atoms with E-state index in [-0.39, 0.29) is 51.9 Å². The Morgan fingerprint density at radius 2 is 1.62 bits per heavy atom. The predicted octanol–water partition coefficient (Wildman–Crippen LogP) is 2.86. The topological polar surface area (TPSA) is 65.1 Å². The number of rotatable bonds is 2. The summed E-state index contributed by atoms with van der Waals surface area (Å²) in [4.78, 5) is 23.5. The molecule has 0 aromatic carbocycles. The van der Waals surface area contributed by atoms with E-state index in [1.807, 2.05) is 0 Å². The van der Waals surface area contributed by atoms with Crippen LogP contribution in [-0.4, -0.2) is 36.4 Å². The number of epoxide rings is 1. The van der Waals surface area contributed by atoms with E-state index in [0.29, 0.717) is 0 Å². The van der Waals surface area contributed by atoms with Gasteiger partial charge in [0.25, 0.3) is 0 Å². The molecule has 1 saturated heterocycles. The molecule has 0 N–H and O–H groups in total. The second kappa shape index (κ2) is 4.54. The van der Waals surface area contributed by atoms with Gasteiger partial charge in [0, 0.05) is 30.6 Å². The molecule has 1 heterocycles. The van der Waals surface area contributed by atoms with Crippen LogP contribution in [0.2, 0.25) is 0 Å². The Morgan fingerprint density at radius 1 is 1.00 bits per heavy atom. The molecule has 0 amide bonds. The fraction of sp³-hybridized carbons (Fsp3) is 0.895. The Kier molecular flexibility index (Phi) is 3.10. The third kappa shape index (κ3) is 1.65. The molecule has 4 aliphatic rings. The van der Waals surface area contributed by atoms with Crippen LogP contribution in [-0.2, 0) is 23.8 Å². The van der Waals surface area contributed by atoms with Crippen molar-refractivity contribution in [1.82, 2.24) is 0 Å². The van der Waals surface area contributed by atoms with Crippen molar-refractivity contribution in [3.8, 4) is 0 Å². The summed E-state index contributed by atoms with van der Waals surface area (Å²) in [6.07, 6.45) is 3.55. The first-order valence-corrected chi connectivity index (χ1v) is 9.09. The summed E-state index contributed by atoms with van der Waals surface area (Å²) in [6.45, 7) is 10.5. The first kappa shape index (κ1) is 16.4. The fourth-order valence-electron chi connectivity index (χ4n) is 6.83. The molecule has 0 aromatic rings. The number of carbonyl (C=O) groups is 2. The molecule has 4 fully saturated rings. The van der Waals surface area contributed by atoms with Crippen molar-refractivity contribution in [3.05, 3.63) is 0 Å². The maximum atomic E-state index is 11.8. The SMILES string of the molecule is CC(=O)O[C@H]1CC[C@@]2(C)[C@]1(C)[C@@H]1[C@H](OC(C)=O)[C@@]2(C)CC[C@]12CO2. The normalized spacial score (nSPS) is 54.5. The molecule has 3 saturated carbocycles. The number of ether oxygens (including phenoxy) is 3. The molecule has 5 nitrogen and oxygen atoms in total. The Hall–Kier alpha value is -1.10. The molecule has 1 spiro atoms. The molecule has 0 unspecified atom stereocenters. The Bertz CT molecular complexity index is 611. The van der Waals surface area contributed by atoms with Crippen molar-refractivity contribution >= 4 is 11.9 Å². The zero-order valence-electron chi connectivity index (χ0n) is 15.3. The van der Waals surface area contributed by atoms with Crippen molar-refractivity contribution in [1.29, 1.82) is 0 Å². The van der Waals surface area contributed by atoms with Gasteiger partial charge in [-0.15, -0.1) is 0 Å². The van der Waals surface area contributed by atoms with Gasteiger partial charge in [-0.05, 0) is 31.1 Å². The van der Waals surface area contributed by atoms with E-state index in [1.165, 1.54) is 13.8 Å². The molecular formula is C19H28O5. The lowest BCUT2D eigenvalue weighted by Gasteiger charge is -2.47. The number of carbonyl (C=O) groups excluding carboxylic acids is 2. The minimum Gasteiger partial charge on any atom is -0.462 e. The molecule has 4 rings (SSSR count). The predicted molar refractivity (Wildman–Crippen MR) is 86.1 cm³/mol. The van der Waals surface area contributed by atoms with Crippen LogP contribution >= 0.6 is 0 Å². The molecule has 2 bridgehead atoms. The van der Waals surface area contributed by atoms with Crippen molar-refractivity contribution < 1.29 is 23.8 Å². The molecule has 0 radical (unpaired) electrons. The van der Waals surface area contributed by atoms with E-state index < -0.39 is 0 Å². The average Bonchev–Trinajstić information content (AvgIpc) is 3.18. The van der Waals surface area contributed by atoms with Gasteiger partial charge < -0.3 is 14.2 Å². The monoisotopic (exact) mass is 336 g/mol. The van der Waals surface area contributed by atoms with E-state index in [4.69, 9.17) is 14.2 Å². The average molecular weight is 336 g/mol. The van der Waals surface area contributed by atoms with Gasteiger partial charge in [-0.3, -0.25) is 9.59 Å². The largest absolute Gasteiger partial charge is 0.462 e. The lowest BCUT2D eigenvalue weighted by molar-refractivity contribution is -0.168. The van der Waals surface area contributed by atoms with E-state index in [9.17, 15) is 9.59 Å². The van der Waals surface area contributed by atoms with E-state index in [0.717, 1.165) is 32.3 Å². The van der Waals surface area contributed by atoms with Gasteiger partial charge in [0.2, 0.25) is 0 Å². The lowest BCUT2D eigenvalue weighted by Crippen LogP contribution is -2.51. The maximum Gasteiger partial charge on any atom is 0.302 e. The molecule has 7 atom stereocenters. The molecule has 5 heteroatoms. The zero-order chi connectivity index (χ0) is 17.5. The Labute approximate surface area is 143 Å². The van der Waals surface area contributed by atoms with Gasteiger partial charge in [-0.1, -0.05) is 20.8 Å². The van der Waals surface area contributed by atoms with Gasteiger partial charge in [0.1, 0.15) is 12.2 Å². The quantitative estimate of drug-likeness (QED) is 0.573. The maximum absolute atomic E-state index is 11.8. The third-order valence-corrected chi connectivity index (χ3v) is 8.35. The van der Waals surface area contributed by atoms with Crippen LogP contribution in [0.25, 0.3) is 0 Å². The first-order valence-electron chi connectivity index (χ1n) is 9.09. The second-order valence-corrected chi connectivity index (χ2v) is 9.03. The van der Waals surface area contributed by atoms with Crippen molar-refractivity contribution in [2.75, 3.05) is 6.61 Å².